The summed E-state index contributed by atoms with van der Waals surface area (Å²) in [6, 6.07) is 17.3. The molecular formula is C20H17N5O2S2. The van der Waals surface area contributed by atoms with Crippen LogP contribution in [0.15, 0.2) is 63.7 Å². The first-order valence-corrected chi connectivity index (χ1v) is 10.7. The Morgan fingerprint density at radius 1 is 1.07 bits per heavy atom. The number of hydrogen-bond acceptors (Lipinski definition) is 7. The number of aryl methyl sites for hydroxylation is 1. The van der Waals surface area contributed by atoms with E-state index in [9.17, 15) is 9.59 Å². The van der Waals surface area contributed by atoms with Crippen molar-refractivity contribution in [1.82, 2.24) is 20.0 Å². The Balaban J connectivity index is 1.43. The number of benzene rings is 2. The number of aromatic nitrogens is 4. The van der Waals surface area contributed by atoms with E-state index in [-0.39, 0.29) is 17.9 Å². The lowest BCUT2D eigenvalue weighted by Gasteiger charge is -2.07. The smallest absolute Gasteiger partial charge is 0.274 e. The molecule has 1 amide bonds. The molecule has 0 atom stereocenters. The van der Waals surface area contributed by atoms with Crippen LogP contribution in [-0.4, -0.2) is 25.9 Å². The van der Waals surface area contributed by atoms with Gasteiger partial charge in [-0.25, -0.2) is 4.68 Å². The van der Waals surface area contributed by atoms with Crippen LogP contribution in [0.2, 0.25) is 0 Å². The van der Waals surface area contributed by atoms with E-state index < -0.39 is 0 Å². The fourth-order valence-electron chi connectivity index (χ4n) is 2.86. The molecule has 146 valence electrons. The maximum Gasteiger partial charge on any atom is 0.274 e. The van der Waals surface area contributed by atoms with E-state index in [4.69, 9.17) is 0 Å². The minimum atomic E-state index is -0.253. The standard InChI is InChI=1S/C20H17N5O2S2/c1-25-18(27)15-10-6-5-9-14(15)16(24-25)11-17(26)21-19-22-23-20(29-19)28-12-13-7-3-2-4-8-13/h2-10H,11-12H2,1H3,(H,21,22,26). The van der Waals surface area contributed by atoms with Gasteiger partial charge in [-0.15, -0.1) is 10.2 Å². The van der Waals surface area contributed by atoms with Gasteiger partial charge in [0.2, 0.25) is 11.0 Å². The van der Waals surface area contributed by atoms with Crippen molar-refractivity contribution in [3.05, 3.63) is 76.2 Å². The Kier molecular flexibility index (Phi) is 5.68. The number of carbonyl (C=O) groups is 1. The summed E-state index contributed by atoms with van der Waals surface area (Å²) < 4.78 is 2.05. The normalized spacial score (nSPS) is 10.9. The van der Waals surface area contributed by atoms with Crippen molar-refractivity contribution in [3.8, 4) is 0 Å². The van der Waals surface area contributed by atoms with E-state index in [1.165, 1.54) is 21.6 Å². The van der Waals surface area contributed by atoms with Crippen LogP contribution in [0.25, 0.3) is 10.8 Å². The molecule has 0 saturated carbocycles. The van der Waals surface area contributed by atoms with Crippen molar-refractivity contribution in [3.63, 3.8) is 0 Å². The van der Waals surface area contributed by atoms with Crippen LogP contribution in [0.3, 0.4) is 0 Å². The molecule has 2 aromatic heterocycles. The highest BCUT2D eigenvalue weighted by Crippen LogP contribution is 2.28. The number of anilines is 1. The monoisotopic (exact) mass is 423 g/mol. The molecule has 9 heteroatoms. The molecule has 7 nitrogen and oxygen atoms in total. The van der Waals surface area contributed by atoms with Crippen LogP contribution in [0, 0.1) is 0 Å². The molecule has 0 aliphatic carbocycles. The Morgan fingerprint density at radius 2 is 1.79 bits per heavy atom. The van der Waals surface area contributed by atoms with Crippen molar-refractivity contribution in [2.45, 2.75) is 16.5 Å². The third-order valence-corrected chi connectivity index (χ3v) is 6.26. The first kappa shape index (κ1) is 19.3. The van der Waals surface area contributed by atoms with Gasteiger partial charge in [-0.05, 0) is 11.6 Å². The summed E-state index contributed by atoms with van der Waals surface area (Å²) in [6.07, 6.45) is 0.0424. The largest absolute Gasteiger partial charge is 0.300 e. The van der Waals surface area contributed by atoms with E-state index in [2.05, 4.69) is 32.7 Å². The molecule has 2 aromatic carbocycles. The number of hydrogen-bond donors (Lipinski definition) is 1. The Bertz CT molecular complexity index is 1220. The number of amides is 1. The van der Waals surface area contributed by atoms with Crippen molar-refractivity contribution in [2.75, 3.05) is 5.32 Å². The number of rotatable bonds is 6. The van der Waals surface area contributed by atoms with E-state index in [0.717, 1.165) is 10.1 Å². The minimum absolute atomic E-state index is 0.0424. The molecule has 4 aromatic rings. The lowest BCUT2D eigenvalue weighted by atomic mass is 10.1. The number of fused-ring (bicyclic) bond motifs is 1. The first-order valence-electron chi connectivity index (χ1n) is 8.85. The highest BCUT2D eigenvalue weighted by molar-refractivity contribution is 8.00. The predicted octanol–water partition coefficient (Wildman–Crippen LogP) is 3.26. The van der Waals surface area contributed by atoms with Gasteiger partial charge in [-0.3, -0.25) is 9.59 Å². The Labute approximate surface area is 174 Å². The SMILES string of the molecule is Cn1nc(CC(=O)Nc2nnc(SCc3ccccc3)s2)c2ccccc2c1=O. The predicted molar refractivity (Wildman–Crippen MR) is 115 cm³/mol. The van der Waals surface area contributed by atoms with Crippen molar-refractivity contribution in [1.29, 1.82) is 0 Å². The van der Waals surface area contributed by atoms with Gasteiger partial charge in [0.25, 0.3) is 5.56 Å². The van der Waals surface area contributed by atoms with Crippen molar-refractivity contribution >= 4 is 44.9 Å². The molecule has 0 fully saturated rings. The maximum absolute atomic E-state index is 12.5. The van der Waals surface area contributed by atoms with Gasteiger partial charge in [0.1, 0.15) is 0 Å². The van der Waals surface area contributed by atoms with Crippen LogP contribution >= 0.6 is 23.1 Å². The van der Waals surface area contributed by atoms with E-state index in [0.29, 0.717) is 21.6 Å². The Morgan fingerprint density at radius 3 is 2.59 bits per heavy atom. The van der Waals surface area contributed by atoms with Crippen LogP contribution < -0.4 is 10.9 Å². The van der Waals surface area contributed by atoms with Crippen molar-refractivity contribution < 1.29 is 4.79 Å². The highest BCUT2D eigenvalue weighted by atomic mass is 32.2. The van der Waals surface area contributed by atoms with Gasteiger partial charge >= 0.3 is 0 Å². The number of thioether (sulfide) groups is 1. The lowest BCUT2D eigenvalue weighted by molar-refractivity contribution is -0.115. The van der Waals surface area contributed by atoms with Gasteiger partial charge in [0.15, 0.2) is 4.34 Å². The second-order valence-corrected chi connectivity index (χ2v) is 8.49. The molecule has 0 aliphatic rings. The van der Waals surface area contributed by atoms with E-state index >= 15 is 0 Å². The minimum Gasteiger partial charge on any atom is -0.300 e. The van der Waals surface area contributed by atoms with Gasteiger partial charge in [0, 0.05) is 18.2 Å². The fourth-order valence-corrected chi connectivity index (χ4v) is 4.58. The first-order chi connectivity index (χ1) is 14.1. The average Bonchev–Trinajstić information content (AvgIpc) is 3.18. The second kappa shape index (κ2) is 8.54. The summed E-state index contributed by atoms with van der Waals surface area (Å²) in [5.74, 6) is 0.536. The zero-order valence-electron chi connectivity index (χ0n) is 15.5. The van der Waals surface area contributed by atoms with Crippen LogP contribution in [0.4, 0.5) is 5.13 Å². The molecule has 4 rings (SSSR count). The van der Waals surface area contributed by atoms with E-state index in [1.54, 1.807) is 37.0 Å². The number of carbonyl (C=O) groups excluding carboxylic acids is 1. The van der Waals surface area contributed by atoms with Gasteiger partial charge in [-0.2, -0.15) is 5.10 Å². The van der Waals surface area contributed by atoms with Crippen LogP contribution in [0.5, 0.6) is 0 Å². The van der Waals surface area contributed by atoms with Gasteiger partial charge < -0.3 is 5.32 Å². The summed E-state index contributed by atoms with van der Waals surface area (Å²) in [5.41, 5.74) is 1.56. The molecule has 29 heavy (non-hydrogen) atoms. The number of nitrogens with zero attached hydrogens (tertiary/aromatic N) is 4. The maximum atomic E-state index is 12.5. The summed E-state index contributed by atoms with van der Waals surface area (Å²) in [7, 11) is 1.58. The van der Waals surface area contributed by atoms with Gasteiger partial charge in [-0.1, -0.05) is 71.6 Å². The van der Waals surface area contributed by atoms with Crippen LogP contribution in [0.1, 0.15) is 11.3 Å². The Hall–Kier alpha value is -3.04. The molecule has 1 N–H and O–H groups in total. The molecule has 0 bridgehead atoms. The quantitative estimate of drug-likeness (QED) is 0.378. The molecule has 0 spiro atoms. The molecule has 0 saturated heterocycles. The second-order valence-electron chi connectivity index (χ2n) is 6.29. The fraction of sp³-hybridized carbons (Fsp3) is 0.150. The zero-order valence-corrected chi connectivity index (χ0v) is 17.2. The third-order valence-electron chi connectivity index (χ3n) is 4.22. The summed E-state index contributed by atoms with van der Waals surface area (Å²) in [5, 5.41) is 16.9. The number of nitrogens with one attached hydrogen (secondary N) is 1. The molecule has 2 heterocycles. The van der Waals surface area contributed by atoms with Crippen LogP contribution in [-0.2, 0) is 24.0 Å². The zero-order chi connectivity index (χ0) is 20.2. The summed E-state index contributed by atoms with van der Waals surface area (Å²) in [6.45, 7) is 0. The van der Waals surface area contributed by atoms with Crippen molar-refractivity contribution in [2.24, 2.45) is 7.05 Å². The molecule has 0 aliphatic heterocycles. The molecule has 0 unspecified atom stereocenters. The molecular weight excluding hydrogens is 406 g/mol. The third kappa shape index (κ3) is 4.52. The van der Waals surface area contributed by atoms with Gasteiger partial charge in [0.05, 0.1) is 17.5 Å². The summed E-state index contributed by atoms with van der Waals surface area (Å²) >= 11 is 2.91. The highest BCUT2D eigenvalue weighted by Gasteiger charge is 2.14. The molecule has 0 radical (unpaired) electrons. The lowest BCUT2D eigenvalue weighted by Crippen LogP contribution is -2.24. The topological polar surface area (TPSA) is 89.8 Å². The summed E-state index contributed by atoms with van der Waals surface area (Å²) in [4.78, 5) is 24.7. The van der Waals surface area contributed by atoms with E-state index in [1.807, 2.05) is 24.3 Å². The average molecular weight is 424 g/mol.